The molecule has 0 saturated heterocycles. The van der Waals surface area contributed by atoms with Gasteiger partial charge in [0, 0.05) is 0 Å². The second-order valence-electron chi connectivity index (χ2n) is 3.78. The van der Waals surface area contributed by atoms with Crippen LogP contribution in [0.25, 0.3) is 0 Å². The molecular formula is C10H13F5O4. The summed E-state index contributed by atoms with van der Waals surface area (Å²) in [6, 6.07) is 0. The highest BCUT2D eigenvalue weighted by Crippen LogP contribution is 2.35. The average molecular weight is 292 g/mol. The number of rotatable bonds is 6. The molecule has 9 heteroatoms. The first kappa shape index (κ1) is 17.6. The van der Waals surface area contributed by atoms with Gasteiger partial charge in [0.2, 0.25) is 0 Å². The number of esters is 2. The standard InChI is InChI=1S/C10H13F5O4/c1-3-6(2)8(17)18-4-7(16)19-5-9(11,12)10(13,14)15/h6H,3-5H2,1-2H3. The van der Waals surface area contributed by atoms with Gasteiger partial charge in [-0.25, -0.2) is 4.79 Å². The maximum Gasteiger partial charge on any atom is 0.456 e. The summed E-state index contributed by atoms with van der Waals surface area (Å²) in [5.41, 5.74) is 0. The van der Waals surface area contributed by atoms with Crippen molar-refractivity contribution >= 4 is 11.9 Å². The summed E-state index contributed by atoms with van der Waals surface area (Å²) < 4.78 is 68.0. The Morgan fingerprint density at radius 2 is 1.63 bits per heavy atom. The average Bonchev–Trinajstić information content (AvgIpc) is 2.30. The largest absolute Gasteiger partial charge is 0.456 e. The van der Waals surface area contributed by atoms with Gasteiger partial charge >= 0.3 is 24.0 Å². The van der Waals surface area contributed by atoms with Crippen LogP contribution in [0, 0.1) is 5.92 Å². The Kier molecular flexibility index (Phi) is 6.17. The molecule has 0 aliphatic carbocycles. The van der Waals surface area contributed by atoms with Crippen molar-refractivity contribution in [2.45, 2.75) is 32.4 Å². The van der Waals surface area contributed by atoms with Crippen LogP contribution in [0.15, 0.2) is 0 Å². The summed E-state index contributed by atoms with van der Waals surface area (Å²) in [6.45, 7) is 0.0347. The van der Waals surface area contributed by atoms with Crippen LogP contribution < -0.4 is 0 Å². The molecule has 0 N–H and O–H groups in total. The topological polar surface area (TPSA) is 52.6 Å². The third-order valence-electron chi connectivity index (χ3n) is 2.18. The summed E-state index contributed by atoms with van der Waals surface area (Å²) in [6.07, 6.45) is -5.37. The van der Waals surface area contributed by atoms with Crippen molar-refractivity contribution in [3.8, 4) is 0 Å². The van der Waals surface area contributed by atoms with E-state index in [0.29, 0.717) is 6.42 Å². The van der Waals surface area contributed by atoms with Crippen molar-refractivity contribution in [2.24, 2.45) is 5.92 Å². The van der Waals surface area contributed by atoms with Crippen LogP contribution in [-0.4, -0.2) is 37.3 Å². The number of halogens is 5. The molecule has 1 unspecified atom stereocenters. The Hall–Kier alpha value is -1.41. The molecule has 0 aliphatic heterocycles. The van der Waals surface area contributed by atoms with Crippen LogP contribution in [0.4, 0.5) is 22.0 Å². The Balaban J connectivity index is 4.11. The second-order valence-corrected chi connectivity index (χ2v) is 3.78. The molecule has 0 aromatic carbocycles. The molecule has 0 amide bonds. The number of carbonyl (C=O) groups excluding carboxylic acids is 2. The normalized spacial score (nSPS) is 13.8. The molecule has 0 aliphatic rings. The Morgan fingerprint density at radius 3 is 2.05 bits per heavy atom. The lowest BCUT2D eigenvalue weighted by Gasteiger charge is -2.19. The van der Waals surface area contributed by atoms with Gasteiger partial charge in [0.25, 0.3) is 0 Å². The quantitative estimate of drug-likeness (QED) is 0.557. The molecule has 0 aromatic rings. The van der Waals surface area contributed by atoms with Crippen molar-refractivity contribution in [3.63, 3.8) is 0 Å². The van der Waals surface area contributed by atoms with E-state index in [1.165, 1.54) is 6.92 Å². The lowest BCUT2D eigenvalue weighted by molar-refractivity contribution is -0.294. The minimum Gasteiger partial charge on any atom is -0.456 e. The molecule has 0 aromatic heterocycles. The zero-order valence-corrected chi connectivity index (χ0v) is 10.2. The summed E-state index contributed by atoms with van der Waals surface area (Å²) in [7, 11) is 0. The third kappa shape index (κ3) is 5.84. The van der Waals surface area contributed by atoms with Crippen molar-refractivity contribution in [1.82, 2.24) is 0 Å². The summed E-state index contributed by atoms with van der Waals surface area (Å²) in [4.78, 5) is 21.9. The first-order chi connectivity index (χ1) is 8.51. The second kappa shape index (κ2) is 6.67. The smallest absolute Gasteiger partial charge is 0.456 e. The first-order valence-corrected chi connectivity index (χ1v) is 5.28. The van der Waals surface area contributed by atoms with E-state index in [-0.39, 0.29) is 0 Å². The molecule has 1 atom stereocenters. The fraction of sp³-hybridized carbons (Fsp3) is 0.800. The highest BCUT2D eigenvalue weighted by atomic mass is 19.4. The molecule has 0 rings (SSSR count). The van der Waals surface area contributed by atoms with Gasteiger partial charge in [-0.05, 0) is 6.42 Å². The SMILES string of the molecule is CCC(C)C(=O)OCC(=O)OCC(F)(F)C(F)(F)F. The zero-order chi connectivity index (χ0) is 15.3. The summed E-state index contributed by atoms with van der Waals surface area (Å²) in [5.74, 6) is -7.88. The number of hydrogen-bond acceptors (Lipinski definition) is 4. The molecule has 4 nitrogen and oxygen atoms in total. The van der Waals surface area contributed by atoms with E-state index in [0.717, 1.165) is 0 Å². The monoisotopic (exact) mass is 292 g/mol. The third-order valence-corrected chi connectivity index (χ3v) is 2.18. The van der Waals surface area contributed by atoms with Gasteiger partial charge in [-0.1, -0.05) is 13.8 Å². The number of alkyl halides is 5. The van der Waals surface area contributed by atoms with E-state index >= 15 is 0 Å². The predicted molar refractivity (Wildman–Crippen MR) is 52.4 cm³/mol. The maximum atomic E-state index is 12.4. The van der Waals surface area contributed by atoms with Crippen molar-refractivity contribution in [2.75, 3.05) is 13.2 Å². The molecule has 0 fully saturated rings. The Morgan fingerprint density at radius 1 is 1.11 bits per heavy atom. The minimum atomic E-state index is -5.80. The minimum absolute atomic E-state index is 0.431. The van der Waals surface area contributed by atoms with E-state index in [4.69, 9.17) is 0 Å². The molecule has 112 valence electrons. The highest BCUT2D eigenvalue weighted by molar-refractivity contribution is 5.77. The van der Waals surface area contributed by atoms with Crippen molar-refractivity contribution in [1.29, 1.82) is 0 Å². The van der Waals surface area contributed by atoms with Crippen LogP contribution in [0.3, 0.4) is 0 Å². The fourth-order valence-corrected chi connectivity index (χ4v) is 0.734. The molecule has 0 radical (unpaired) electrons. The first-order valence-electron chi connectivity index (χ1n) is 5.28. The van der Waals surface area contributed by atoms with Gasteiger partial charge in [-0.15, -0.1) is 0 Å². The predicted octanol–water partition coefficient (Wildman–Crippen LogP) is 2.32. The fourth-order valence-electron chi connectivity index (χ4n) is 0.734. The molecule has 0 saturated carbocycles. The van der Waals surface area contributed by atoms with E-state index < -0.39 is 43.2 Å². The maximum absolute atomic E-state index is 12.4. The van der Waals surface area contributed by atoms with Crippen LogP contribution >= 0.6 is 0 Å². The summed E-state index contributed by atoms with van der Waals surface area (Å²) >= 11 is 0. The van der Waals surface area contributed by atoms with Crippen molar-refractivity contribution < 1.29 is 41.0 Å². The lowest BCUT2D eigenvalue weighted by Crippen LogP contribution is -2.41. The van der Waals surface area contributed by atoms with E-state index in [1.54, 1.807) is 6.92 Å². The molecular weight excluding hydrogens is 279 g/mol. The highest BCUT2D eigenvalue weighted by Gasteiger charge is 2.58. The van der Waals surface area contributed by atoms with Gasteiger partial charge in [-0.2, -0.15) is 22.0 Å². The number of carbonyl (C=O) groups is 2. The Labute approximate surface area is 105 Å². The molecule has 0 bridgehead atoms. The van der Waals surface area contributed by atoms with Gasteiger partial charge in [0.1, 0.15) is 0 Å². The van der Waals surface area contributed by atoms with Gasteiger partial charge in [-0.3, -0.25) is 4.79 Å². The van der Waals surface area contributed by atoms with E-state index in [9.17, 15) is 31.5 Å². The van der Waals surface area contributed by atoms with Gasteiger partial charge in [0.15, 0.2) is 13.2 Å². The molecule has 0 heterocycles. The van der Waals surface area contributed by atoms with Crippen molar-refractivity contribution in [3.05, 3.63) is 0 Å². The van der Waals surface area contributed by atoms with Gasteiger partial charge in [0.05, 0.1) is 5.92 Å². The molecule has 19 heavy (non-hydrogen) atoms. The number of hydrogen-bond donors (Lipinski definition) is 0. The van der Waals surface area contributed by atoms with Gasteiger partial charge < -0.3 is 9.47 Å². The zero-order valence-electron chi connectivity index (χ0n) is 10.2. The number of ether oxygens (including phenoxy) is 2. The van der Waals surface area contributed by atoms with E-state index in [2.05, 4.69) is 9.47 Å². The van der Waals surface area contributed by atoms with E-state index in [1.807, 2.05) is 0 Å². The van der Waals surface area contributed by atoms with Crippen LogP contribution in [0.1, 0.15) is 20.3 Å². The Bertz CT molecular complexity index is 326. The van der Waals surface area contributed by atoms with Crippen LogP contribution in [-0.2, 0) is 19.1 Å². The van der Waals surface area contributed by atoms with Crippen LogP contribution in [0.2, 0.25) is 0 Å². The lowest BCUT2D eigenvalue weighted by atomic mass is 10.1. The van der Waals surface area contributed by atoms with Crippen LogP contribution in [0.5, 0.6) is 0 Å². The molecule has 0 spiro atoms. The summed E-state index contributed by atoms with van der Waals surface area (Å²) in [5, 5.41) is 0.